The van der Waals surface area contributed by atoms with Crippen LogP contribution in [0, 0.1) is 11.6 Å². The second-order valence-electron chi connectivity index (χ2n) is 2.87. The summed E-state index contributed by atoms with van der Waals surface area (Å²) in [5, 5.41) is 0.173. The average Bonchev–Trinajstić information content (AvgIpc) is 2.58. The summed E-state index contributed by atoms with van der Waals surface area (Å²) in [5.74, 6) is -0.613. The van der Waals surface area contributed by atoms with E-state index >= 15 is 0 Å². The lowest BCUT2D eigenvalue weighted by molar-refractivity contribution is 0.343. The van der Waals surface area contributed by atoms with Gasteiger partial charge in [-0.2, -0.15) is 0 Å². The third-order valence-corrected chi connectivity index (χ3v) is 2.00. The number of hydrogen-bond donors (Lipinski definition) is 1. The van der Waals surface area contributed by atoms with Crippen molar-refractivity contribution in [3.8, 4) is 5.75 Å². The monoisotopic (exact) mass is 197 g/mol. The van der Waals surface area contributed by atoms with Gasteiger partial charge in [0.1, 0.15) is 17.4 Å². The third kappa shape index (κ3) is 1.23. The summed E-state index contributed by atoms with van der Waals surface area (Å²) in [7, 11) is 0. The van der Waals surface area contributed by atoms with E-state index in [1.54, 1.807) is 6.92 Å². The zero-order valence-electron chi connectivity index (χ0n) is 7.60. The predicted molar refractivity (Wildman–Crippen MR) is 49.4 cm³/mol. The van der Waals surface area contributed by atoms with Crippen LogP contribution in [0.25, 0.3) is 10.9 Å². The van der Waals surface area contributed by atoms with Crippen molar-refractivity contribution in [3.05, 3.63) is 30.0 Å². The van der Waals surface area contributed by atoms with Crippen LogP contribution in [0.3, 0.4) is 0 Å². The van der Waals surface area contributed by atoms with Gasteiger partial charge in [0.05, 0.1) is 17.5 Å². The first-order valence-electron chi connectivity index (χ1n) is 4.32. The summed E-state index contributed by atoms with van der Waals surface area (Å²) in [6, 6.07) is 2.18. The molecule has 74 valence electrons. The van der Waals surface area contributed by atoms with Crippen LogP contribution in [-0.4, -0.2) is 11.6 Å². The fourth-order valence-corrected chi connectivity index (χ4v) is 1.41. The molecule has 2 nitrogen and oxygen atoms in total. The van der Waals surface area contributed by atoms with Crippen molar-refractivity contribution in [1.82, 2.24) is 4.98 Å². The Morgan fingerprint density at radius 3 is 2.71 bits per heavy atom. The molecule has 1 N–H and O–H groups in total. The van der Waals surface area contributed by atoms with Crippen LogP contribution in [0.2, 0.25) is 0 Å². The van der Waals surface area contributed by atoms with E-state index in [2.05, 4.69) is 4.98 Å². The zero-order valence-corrected chi connectivity index (χ0v) is 7.60. The van der Waals surface area contributed by atoms with Gasteiger partial charge in [-0.25, -0.2) is 8.78 Å². The van der Waals surface area contributed by atoms with Gasteiger partial charge in [0.25, 0.3) is 0 Å². The van der Waals surface area contributed by atoms with Gasteiger partial charge in [0, 0.05) is 6.20 Å². The molecule has 0 spiro atoms. The quantitative estimate of drug-likeness (QED) is 0.786. The molecule has 4 heteroatoms. The van der Waals surface area contributed by atoms with Gasteiger partial charge in [-0.15, -0.1) is 0 Å². The number of rotatable bonds is 2. The van der Waals surface area contributed by atoms with Gasteiger partial charge in [-0.3, -0.25) is 0 Å². The van der Waals surface area contributed by atoms with Crippen molar-refractivity contribution < 1.29 is 13.5 Å². The van der Waals surface area contributed by atoms with Crippen LogP contribution >= 0.6 is 0 Å². The molecule has 0 saturated carbocycles. The van der Waals surface area contributed by atoms with E-state index in [9.17, 15) is 8.78 Å². The number of ether oxygens (including phenoxy) is 1. The maximum absolute atomic E-state index is 13.3. The van der Waals surface area contributed by atoms with Crippen LogP contribution in [0.15, 0.2) is 18.3 Å². The Kier molecular flexibility index (Phi) is 2.11. The maximum Gasteiger partial charge on any atom is 0.147 e. The topological polar surface area (TPSA) is 25.0 Å². The van der Waals surface area contributed by atoms with E-state index < -0.39 is 11.6 Å². The Hall–Kier alpha value is -1.58. The highest BCUT2D eigenvalue weighted by molar-refractivity contribution is 5.87. The molecule has 1 aromatic heterocycles. The van der Waals surface area contributed by atoms with Crippen molar-refractivity contribution in [2.45, 2.75) is 6.92 Å². The molecule has 0 saturated heterocycles. The van der Waals surface area contributed by atoms with Gasteiger partial charge in [0.2, 0.25) is 0 Å². The van der Waals surface area contributed by atoms with Crippen LogP contribution in [0.4, 0.5) is 8.78 Å². The highest BCUT2D eigenvalue weighted by atomic mass is 19.1. The number of nitrogens with one attached hydrogen (secondary N) is 1. The minimum Gasteiger partial charge on any atom is -0.492 e. The number of aromatic nitrogens is 1. The normalized spacial score (nSPS) is 10.8. The number of halogens is 2. The fourth-order valence-electron chi connectivity index (χ4n) is 1.41. The van der Waals surface area contributed by atoms with Gasteiger partial charge in [0.15, 0.2) is 0 Å². The van der Waals surface area contributed by atoms with E-state index in [0.717, 1.165) is 12.1 Å². The second-order valence-corrected chi connectivity index (χ2v) is 2.87. The molecule has 0 fully saturated rings. The van der Waals surface area contributed by atoms with Gasteiger partial charge in [-0.1, -0.05) is 0 Å². The SMILES string of the molecule is CCOc1c[nH]c2c(F)ccc(F)c12. The van der Waals surface area contributed by atoms with E-state index in [1.807, 2.05) is 0 Å². The van der Waals surface area contributed by atoms with Crippen LogP contribution < -0.4 is 4.74 Å². The predicted octanol–water partition coefficient (Wildman–Crippen LogP) is 2.84. The summed E-state index contributed by atoms with van der Waals surface area (Å²) in [6.07, 6.45) is 1.46. The minimum atomic E-state index is -0.480. The van der Waals surface area contributed by atoms with E-state index in [4.69, 9.17) is 4.74 Å². The molecule has 0 aliphatic carbocycles. The summed E-state index contributed by atoms with van der Waals surface area (Å²) < 4.78 is 31.6. The molecule has 0 aliphatic heterocycles. The Morgan fingerprint density at radius 2 is 2.00 bits per heavy atom. The molecule has 2 aromatic rings. The molecule has 0 aliphatic rings. The van der Waals surface area contributed by atoms with Crippen molar-refractivity contribution in [3.63, 3.8) is 0 Å². The summed E-state index contributed by atoms with van der Waals surface area (Å²) in [5.41, 5.74) is 0.147. The molecule has 0 amide bonds. The van der Waals surface area contributed by atoms with Crippen molar-refractivity contribution in [2.75, 3.05) is 6.61 Å². The molecule has 0 bridgehead atoms. The van der Waals surface area contributed by atoms with Gasteiger partial charge >= 0.3 is 0 Å². The minimum absolute atomic E-state index is 0.147. The Balaban J connectivity index is 2.70. The van der Waals surface area contributed by atoms with Crippen LogP contribution in [-0.2, 0) is 0 Å². The maximum atomic E-state index is 13.3. The third-order valence-electron chi connectivity index (χ3n) is 2.00. The lowest BCUT2D eigenvalue weighted by Crippen LogP contribution is -1.91. The zero-order chi connectivity index (χ0) is 10.1. The van der Waals surface area contributed by atoms with Gasteiger partial charge < -0.3 is 9.72 Å². The molecule has 1 aromatic carbocycles. The second kappa shape index (κ2) is 3.29. The largest absolute Gasteiger partial charge is 0.492 e. The highest BCUT2D eigenvalue weighted by Gasteiger charge is 2.12. The fraction of sp³-hybridized carbons (Fsp3) is 0.200. The Morgan fingerprint density at radius 1 is 1.29 bits per heavy atom. The number of aromatic amines is 1. The number of benzene rings is 1. The molecule has 0 radical (unpaired) electrons. The van der Waals surface area contributed by atoms with Crippen molar-refractivity contribution >= 4 is 10.9 Å². The van der Waals surface area contributed by atoms with Crippen molar-refractivity contribution in [2.24, 2.45) is 0 Å². The molecule has 1 heterocycles. The molecule has 0 unspecified atom stereocenters. The molecule has 0 atom stereocenters. The van der Waals surface area contributed by atoms with Crippen LogP contribution in [0.1, 0.15) is 6.92 Å². The molecule has 14 heavy (non-hydrogen) atoms. The molecular weight excluding hydrogens is 188 g/mol. The first-order chi connectivity index (χ1) is 6.74. The lowest BCUT2D eigenvalue weighted by Gasteiger charge is -2.00. The Bertz CT molecular complexity index is 464. The average molecular weight is 197 g/mol. The van der Waals surface area contributed by atoms with E-state index in [0.29, 0.717) is 12.4 Å². The highest BCUT2D eigenvalue weighted by Crippen LogP contribution is 2.29. The molecular formula is C10H9F2NO. The van der Waals surface area contributed by atoms with E-state index in [1.165, 1.54) is 6.20 Å². The number of fused-ring (bicyclic) bond motifs is 1. The number of H-pyrrole nitrogens is 1. The summed E-state index contributed by atoms with van der Waals surface area (Å²) >= 11 is 0. The molecule has 2 rings (SSSR count). The number of hydrogen-bond acceptors (Lipinski definition) is 1. The van der Waals surface area contributed by atoms with Crippen LogP contribution in [0.5, 0.6) is 5.75 Å². The standard InChI is InChI=1S/C10H9F2NO/c1-2-14-8-5-13-10-7(12)4-3-6(11)9(8)10/h3-5,13H,2H2,1H3. The van der Waals surface area contributed by atoms with Gasteiger partial charge in [-0.05, 0) is 19.1 Å². The summed E-state index contributed by atoms with van der Waals surface area (Å²) in [6.45, 7) is 2.21. The first-order valence-corrected chi connectivity index (χ1v) is 4.32. The first kappa shape index (κ1) is 8.99. The van der Waals surface area contributed by atoms with E-state index in [-0.39, 0.29) is 10.9 Å². The lowest BCUT2D eigenvalue weighted by atomic mass is 10.2. The smallest absolute Gasteiger partial charge is 0.147 e. The van der Waals surface area contributed by atoms with Crippen molar-refractivity contribution in [1.29, 1.82) is 0 Å². The Labute approximate surface area is 79.5 Å². The summed E-state index contributed by atoms with van der Waals surface area (Å²) in [4.78, 5) is 2.64.